The van der Waals surface area contributed by atoms with Gasteiger partial charge in [0.2, 0.25) is 0 Å². The fourth-order valence-electron chi connectivity index (χ4n) is 9.56. The van der Waals surface area contributed by atoms with Crippen molar-refractivity contribution in [2.75, 3.05) is 0 Å². The number of H-pyrrole nitrogens is 2. The maximum absolute atomic E-state index is 14.3. The average molecular weight is 764 g/mol. The standard InChI is InChI=1S/C52H37N5O2/c58-57(59)52-32-38-24-14-13-23-37(38)31-39(52)50-48(35-19-9-3-10-20-35)44-29-27-42(54-44)46(33-15-5-1-6-16-33)40-25-26-41(53-40)47(34-17-7-2-8-18-34)43-28-30-45(55-43)49(51(52)56-50)36-21-11-4-12-22-36/h1-30,39,54-55H,31-32H2/t39-,52-/m0/s1. The number of benzene rings is 5. The molecule has 5 aromatic carbocycles. The molecule has 0 saturated carbocycles. The van der Waals surface area contributed by atoms with Crippen LogP contribution in [-0.2, 0) is 18.4 Å². The Morgan fingerprint density at radius 2 is 0.898 bits per heavy atom. The topological polar surface area (TPSA) is 100 Å². The van der Waals surface area contributed by atoms with Gasteiger partial charge >= 0.3 is 0 Å². The maximum Gasteiger partial charge on any atom is 0.276 e. The monoisotopic (exact) mass is 763 g/mol. The van der Waals surface area contributed by atoms with E-state index in [-0.39, 0.29) is 11.3 Å². The van der Waals surface area contributed by atoms with Gasteiger partial charge in [0.15, 0.2) is 0 Å². The van der Waals surface area contributed by atoms with Gasteiger partial charge < -0.3 is 9.97 Å². The van der Waals surface area contributed by atoms with E-state index in [9.17, 15) is 10.1 Å². The van der Waals surface area contributed by atoms with E-state index in [1.165, 1.54) is 0 Å². The third-order valence-electron chi connectivity index (χ3n) is 12.2. The zero-order chi connectivity index (χ0) is 39.5. The van der Waals surface area contributed by atoms with Gasteiger partial charge in [-0.2, -0.15) is 0 Å². The molecule has 7 heteroatoms. The van der Waals surface area contributed by atoms with Crippen molar-refractivity contribution >= 4 is 34.2 Å². The van der Waals surface area contributed by atoms with Crippen LogP contribution in [0.3, 0.4) is 0 Å². The van der Waals surface area contributed by atoms with E-state index in [1.807, 2.05) is 109 Å². The SMILES string of the molecule is O=[N+]([O-])[C@@]12Cc3ccccc3C[C@H]1c1nc2c(-c2ccccc2)c2ccc([nH]2)c(-c2ccccc2)c2nc(c(-c3ccccc3)c3ccc([nH]3)c1-c1ccccc1)C=C2. The zero-order valence-electron chi connectivity index (χ0n) is 32.0. The molecule has 282 valence electrons. The highest BCUT2D eigenvalue weighted by Crippen LogP contribution is 2.55. The van der Waals surface area contributed by atoms with Crippen molar-refractivity contribution in [2.24, 2.45) is 0 Å². The third-order valence-corrected chi connectivity index (χ3v) is 12.2. The van der Waals surface area contributed by atoms with Crippen LogP contribution in [0.4, 0.5) is 0 Å². The molecule has 3 aliphatic rings. The lowest BCUT2D eigenvalue weighted by Crippen LogP contribution is -2.45. The molecule has 5 heterocycles. The second-order valence-corrected chi connectivity index (χ2v) is 15.5. The molecule has 0 radical (unpaired) electrons. The lowest BCUT2D eigenvalue weighted by Gasteiger charge is -2.34. The first-order valence-corrected chi connectivity index (χ1v) is 20.0. The number of nitro groups is 1. The first kappa shape index (κ1) is 34.6. The van der Waals surface area contributed by atoms with Crippen molar-refractivity contribution in [1.29, 1.82) is 0 Å². The molecule has 2 atom stereocenters. The van der Waals surface area contributed by atoms with Crippen molar-refractivity contribution in [1.82, 2.24) is 19.9 Å². The Morgan fingerprint density at radius 3 is 1.39 bits per heavy atom. The minimum atomic E-state index is -1.57. The maximum atomic E-state index is 14.3. The van der Waals surface area contributed by atoms with Crippen molar-refractivity contribution in [3.8, 4) is 44.5 Å². The Balaban J connectivity index is 1.39. The van der Waals surface area contributed by atoms with E-state index in [4.69, 9.17) is 9.97 Å². The molecule has 8 bridgehead atoms. The van der Waals surface area contributed by atoms with Gasteiger partial charge in [0.05, 0.1) is 29.4 Å². The minimum Gasteiger partial charge on any atom is -0.354 e. The highest BCUT2D eigenvalue weighted by atomic mass is 16.6. The van der Waals surface area contributed by atoms with Gasteiger partial charge in [-0.15, -0.1) is 0 Å². The number of fused-ring (bicyclic) bond motifs is 12. The summed E-state index contributed by atoms with van der Waals surface area (Å²) in [7, 11) is 0. The van der Waals surface area contributed by atoms with Gasteiger partial charge in [-0.1, -0.05) is 146 Å². The molecule has 0 unspecified atom stereocenters. The molecular weight excluding hydrogens is 727 g/mol. The highest BCUT2D eigenvalue weighted by Gasteiger charge is 2.61. The summed E-state index contributed by atoms with van der Waals surface area (Å²) in [5.74, 6) is -0.573. The fourth-order valence-corrected chi connectivity index (χ4v) is 9.56. The van der Waals surface area contributed by atoms with Crippen LogP contribution < -0.4 is 0 Å². The van der Waals surface area contributed by atoms with Crippen LogP contribution in [0, 0.1) is 10.1 Å². The number of nitrogens with one attached hydrogen (secondary N) is 2. The van der Waals surface area contributed by atoms with Crippen LogP contribution in [0.25, 0.3) is 78.7 Å². The van der Waals surface area contributed by atoms with E-state index in [1.54, 1.807) is 0 Å². The van der Waals surface area contributed by atoms with Gasteiger partial charge in [0.25, 0.3) is 5.54 Å². The van der Waals surface area contributed by atoms with Crippen molar-refractivity contribution < 1.29 is 4.92 Å². The summed E-state index contributed by atoms with van der Waals surface area (Å²) in [6.07, 6.45) is 4.85. The highest BCUT2D eigenvalue weighted by molar-refractivity contribution is 5.97. The summed E-state index contributed by atoms with van der Waals surface area (Å²) in [5, 5.41) is 14.3. The fraction of sp³-hybridized carbons (Fsp3) is 0.0769. The van der Waals surface area contributed by atoms with Gasteiger partial charge in [0, 0.05) is 49.2 Å². The average Bonchev–Trinajstić information content (AvgIpc) is 4.11. The summed E-state index contributed by atoms with van der Waals surface area (Å²) in [6, 6.07) is 57.2. The van der Waals surface area contributed by atoms with Gasteiger partial charge in [0.1, 0.15) is 5.69 Å². The Bertz CT molecular complexity index is 3140. The Morgan fingerprint density at radius 1 is 0.492 bits per heavy atom. The van der Waals surface area contributed by atoms with Crippen LogP contribution in [-0.4, -0.2) is 24.9 Å². The Labute approximate surface area is 340 Å². The molecular formula is C52H37N5O2. The van der Waals surface area contributed by atoms with Crippen LogP contribution in [0.2, 0.25) is 0 Å². The quantitative estimate of drug-likeness (QED) is 0.135. The van der Waals surface area contributed by atoms with Crippen LogP contribution in [0.15, 0.2) is 170 Å². The molecule has 1 aliphatic carbocycles. The number of rotatable bonds is 5. The van der Waals surface area contributed by atoms with Crippen molar-refractivity contribution in [2.45, 2.75) is 24.3 Å². The molecule has 7 nitrogen and oxygen atoms in total. The molecule has 0 saturated heterocycles. The lowest BCUT2D eigenvalue weighted by molar-refractivity contribution is -0.584. The summed E-state index contributed by atoms with van der Waals surface area (Å²) in [5.41, 5.74) is 13.8. The number of aromatic amines is 2. The van der Waals surface area contributed by atoms with Crippen LogP contribution >= 0.6 is 0 Å². The van der Waals surface area contributed by atoms with Crippen molar-refractivity contribution in [3.63, 3.8) is 0 Å². The summed E-state index contributed by atoms with van der Waals surface area (Å²) < 4.78 is 0. The second-order valence-electron chi connectivity index (χ2n) is 15.5. The molecule has 3 aromatic heterocycles. The molecule has 2 aliphatic heterocycles. The first-order valence-electron chi connectivity index (χ1n) is 20.0. The smallest absolute Gasteiger partial charge is 0.276 e. The Hall–Kier alpha value is -7.64. The molecule has 8 aromatic rings. The van der Waals surface area contributed by atoms with Crippen molar-refractivity contribution in [3.05, 3.63) is 214 Å². The van der Waals surface area contributed by atoms with Crippen LogP contribution in [0.5, 0.6) is 0 Å². The second kappa shape index (κ2) is 13.8. The first-order chi connectivity index (χ1) is 29.1. The van der Waals surface area contributed by atoms with E-state index in [2.05, 4.69) is 82.8 Å². The largest absolute Gasteiger partial charge is 0.354 e. The number of nitrogens with zero attached hydrogens (tertiary/aromatic N) is 3. The lowest BCUT2D eigenvalue weighted by atomic mass is 9.67. The normalized spacial score (nSPS) is 16.6. The van der Waals surface area contributed by atoms with E-state index < -0.39 is 11.5 Å². The Kier molecular flexibility index (Phi) is 8.08. The molecule has 0 spiro atoms. The summed E-state index contributed by atoms with van der Waals surface area (Å²) in [4.78, 5) is 32.9. The summed E-state index contributed by atoms with van der Waals surface area (Å²) >= 11 is 0. The molecule has 11 rings (SSSR count). The van der Waals surface area contributed by atoms with E-state index in [0.717, 1.165) is 83.5 Å². The molecule has 0 amide bonds. The molecule has 2 N–H and O–H groups in total. The predicted molar refractivity (Wildman–Crippen MR) is 237 cm³/mol. The summed E-state index contributed by atoms with van der Waals surface area (Å²) in [6.45, 7) is 0. The third kappa shape index (κ3) is 5.57. The molecule has 59 heavy (non-hydrogen) atoms. The predicted octanol–water partition coefficient (Wildman–Crippen LogP) is 12.2. The van der Waals surface area contributed by atoms with Crippen LogP contribution in [0.1, 0.15) is 39.8 Å². The molecule has 0 fully saturated rings. The van der Waals surface area contributed by atoms with E-state index in [0.29, 0.717) is 23.4 Å². The number of hydrogen-bond acceptors (Lipinski definition) is 4. The zero-order valence-corrected chi connectivity index (χ0v) is 32.0. The number of aromatic nitrogens is 4. The minimum absolute atomic E-state index is 0.0406. The van der Waals surface area contributed by atoms with Gasteiger partial charge in [-0.25, -0.2) is 9.97 Å². The van der Waals surface area contributed by atoms with Gasteiger partial charge in [-0.3, -0.25) is 10.1 Å². The number of hydrogen-bond donors (Lipinski definition) is 2. The van der Waals surface area contributed by atoms with E-state index >= 15 is 0 Å². The van der Waals surface area contributed by atoms with Gasteiger partial charge in [-0.05, 0) is 76.2 Å².